The van der Waals surface area contributed by atoms with Crippen molar-refractivity contribution >= 4 is 22.8 Å². The first kappa shape index (κ1) is 16.8. The van der Waals surface area contributed by atoms with Crippen molar-refractivity contribution in [1.82, 2.24) is 14.8 Å². The Hall–Kier alpha value is -2.34. The Balaban J connectivity index is 1.37. The molecule has 2 saturated heterocycles. The highest BCUT2D eigenvalue weighted by molar-refractivity contribution is 5.98. The van der Waals surface area contributed by atoms with Gasteiger partial charge in [-0.25, -0.2) is 0 Å². The van der Waals surface area contributed by atoms with E-state index in [2.05, 4.69) is 9.88 Å². The Morgan fingerprint density at radius 1 is 1.11 bits per heavy atom. The number of carbonyl (C=O) groups is 2. The molecule has 6 heteroatoms. The molecule has 2 unspecified atom stereocenters. The lowest BCUT2D eigenvalue weighted by atomic mass is 9.81. The zero-order valence-corrected chi connectivity index (χ0v) is 15.4. The van der Waals surface area contributed by atoms with Crippen molar-refractivity contribution in [3.8, 4) is 0 Å². The summed E-state index contributed by atoms with van der Waals surface area (Å²) in [6.07, 6.45) is 6.72. The van der Waals surface area contributed by atoms with Gasteiger partial charge in [0.25, 0.3) is 5.91 Å². The fraction of sp³-hybridized carbons (Fsp3) is 0.524. The van der Waals surface area contributed by atoms with Crippen LogP contribution in [0.4, 0.5) is 0 Å². The highest BCUT2D eigenvalue weighted by atomic mass is 16.4. The second-order valence-corrected chi connectivity index (χ2v) is 8.49. The van der Waals surface area contributed by atoms with Gasteiger partial charge in [0.15, 0.2) is 0 Å². The number of carboxylic acid groups (broad SMARTS) is 1. The van der Waals surface area contributed by atoms with Crippen LogP contribution in [0, 0.1) is 11.3 Å². The third-order valence-corrected chi connectivity index (χ3v) is 6.99. The summed E-state index contributed by atoms with van der Waals surface area (Å²) in [4.78, 5) is 32.6. The van der Waals surface area contributed by atoms with E-state index in [0.29, 0.717) is 31.2 Å². The fourth-order valence-electron chi connectivity index (χ4n) is 5.48. The first-order valence-electron chi connectivity index (χ1n) is 9.91. The molecule has 3 heterocycles. The van der Waals surface area contributed by atoms with E-state index in [9.17, 15) is 14.7 Å². The minimum absolute atomic E-state index is 0.0236. The lowest BCUT2D eigenvalue weighted by molar-refractivity contribution is -0.148. The average molecular weight is 367 g/mol. The van der Waals surface area contributed by atoms with Crippen LogP contribution in [0.2, 0.25) is 0 Å². The number of aliphatic carboxylic acids is 1. The van der Waals surface area contributed by atoms with Crippen molar-refractivity contribution in [1.29, 1.82) is 0 Å². The summed E-state index contributed by atoms with van der Waals surface area (Å²) in [6, 6.07) is 8.11. The number of aromatic nitrogens is 1. The molecular weight excluding hydrogens is 342 g/mol. The molecule has 2 N–H and O–H groups in total. The number of carboxylic acids is 1. The Labute approximate surface area is 158 Å². The molecule has 3 aliphatic rings. The molecule has 2 aromatic rings. The SMILES string of the molecule is O=C(c1ccc2[nH]ccc2c1)N1CC2CN(C3CCCC3)CC2(C(=O)O)C1. The number of nitrogens with zero attached hydrogens (tertiary/aromatic N) is 2. The molecule has 27 heavy (non-hydrogen) atoms. The highest BCUT2D eigenvalue weighted by Gasteiger charge is 2.59. The first-order chi connectivity index (χ1) is 13.1. The molecule has 1 saturated carbocycles. The van der Waals surface area contributed by atoms with Gasteiger partial charge in [-0.05, 0) is 37.1 Å². The summed E-state index contributed by atoms with van der Waals surface area (Å²) in [5.41, 5.74) is 0.825. The van der Waals surface area contributed by atoms with E-state index in [-0.39, 0.29) is 11.8 Å². The van der Waals surface area contributed by atoms with Crippen LogP contribution in [0.1, 0.15) is 36.0 Å². The monoisotopic (exact) mass is 367 g/mol. The number of amides is 1. The summed E-state index contributed by atoms with van der Waals surface area (Å²) in [5.74, 6) is -0.777. The van der Waals surface area contributed by atoms with E-state index in [4.69, 9.17) is 0 Å². The maximum Gasteiger partial charge on any atom is 0.313 e. The summed E-state index contributed by atoms with van der Waals surface area (Å²) in [6.45, 7) is 2.25. The molecule has 142 valence electrons. The molecule has 1 aromatic heterocycles. The van der Waals surface area contributed by atoms with Gasteiger partial charge in [0.2, 0.25) is 0 Å². The summed E-state index contributed by atoms with van der Waals surface area (Å²) >= 11 is 0. The molecule has 0 spiro atoms. The maximum absolute atomic E-state index is 13.1. The van der Waals surface area contributed by atoms with Crippen molar-refractivity contribution in [2.45, 2.75) is 31.7 Å². The number of aromatic amines is 1. The van der Waals surface area contributed by atoms with Gasteiger partial charge >= 0.3 is 5.97 Å². The number of benzene rings is 1. The molecule has 5 rings (SSSR count). The number of rotatable bonds is 3. The second-order valence-electron chi connectivity index (χ2n) is 8.49. The average Bonchev–Trinajstić information content (AvgIpc) is 3.41. The largest absolute Gasteiger partial charge is 0.481 e. The molecule has 6 nitrogen and oxygen atoms in total. The number of nitrogens with one attached hydrogen (secondary N) is 1. The summed E-state index contributed by atoms with van der Waals surface area (Å²) in [7, 11) is 0. The van der Waals surface area contributed by atoms with E-state index in [0.717, 1.165) is 17.4 Å². The zero-order chi connectivity index (χ0) is 18.6. The number of H-pyrrole nitrogens is 1. The van der Waals surface area contributed by atoms with E-state index in [1.165, 1.54) is 25.7 Å². The molecular formula is C21H25N3O3. The van der Waals surface area contributed by atoms with E-state index < -0.39 is 11.4 Å². The maximum atomic E-state index is 13.1. The quantitative estimate of drug-likeness (QED) is 0.874. The topological polar surface area (TPSA) is 76.6 Å². The highest BCUT2D eigenvalue weighted by Crippen LogP contribution is 2.45. The number of fused-ring (bicyclic) bond motifs is 2. The molecule has 0 radical (unpaired) electrons. The van der Waals surface area contributed by atoms with Gasteiger partial charge in [-0.2, -0.15) is 0 Å². The van der Waals surface area contributed by atoms with Crippen LogP contribution in [0.3, 0.4) is 0 Å². The molecule has 0 bridgehead atoms. The van der Waals surface area contributed by atoms with Crippen LogP contribution in [0.15, 0.2) is 30.5 Å². The Bertz CT molecular complexity index is 901. The molecule has 3 fully saturated rings. The predicted octanol–water partition coefficient (Wildman–Crippen LogP) is 2.57. The van der Waals surface area contributed by atoms with Crippen LogP contribution < -0.4 is 0 Å². The van der Waals surface area contributed by atoms with E-state index >= 15 is 0 Å². The fourth-order valence-corrected chi connectivity index (χ4v) is 5.48. The minimum atomic E-state index is -0.809. The second kappa shape index (κ2) is 6.09. The molecule has 1 amide bonds. The Morgan fingerprint density at radius 3 is 2.67 bits per heavy atom. The lowest BCUT2D eigenvalue weighted by Crippen LogP contribution is -2.43. The van der Waals surface area contributed by atoms with Crippen LogP contribution >= 0.6 is 0 Å². The van der Waals surface area contributed by atoms with E-state index in [1.807, 2.05) is 30.5 Å². The number of likely N-dealkylation sites (tertiary alicyclic amines) is 2. The van der Waals surface area contributed by atoms with Gasteiger partial charge in [0.1, 0.15) is 5.41 Å². The van der Waals surface area contributed by atoms with Crippen LogP contribution in [0.5, 0.6) is 0 Å². The smallest absolute Gasteiger partial charge is 0.313 e. The van der Waals surface area contributed by atoms with Gasteiger partial charge in [0, 0.05) is 60.8 Å². The van der Waals surface area contributed by atoms with Crippen molar-refractivity contribution in [2.24, 2.45) is 11.3 Å². The van der Waals surface area contributed by atoms with Crippen LogP contribution in [0.25, 0.3) is 10.9 Å². The first-order valence-corrected chi connectivity index (χ1v) is 9.91. The van der Waals surface area contributed by atoms with Gasteiger partial charge in [-0.15, -0.1) is 0 Å². The van der Waals surface area contributed by atoms with Crippen molar-refractivity contribution in [2.75, 3.05) is 26.2 Å². The Kier molecular flexibility index (Phi) is 3.79. The number of hydrogen-bond donors (Lipinski definition) is 2. The molecule has 2 aliphatic heterocycles. The normalized spacial score (nSPS) is 28.9. The van der Waals surface area contributed by atoms with Crippen LogP contribution in [-0.4, -0.2) is 64.0 Å². The minimum Gasteiger partial charge on any atom is -0.481 e. The third kappa shape index (κ3) is 2.57. The molecule has 2 atom stereocenters. The van der Waals surface area contributed by atoms with Gasteiger partial charge in [-0.3, -0.25) is 14.5 Å². The molecule has 1 aliphatic carbocycles. The lowest BCUT2D eigenvalue weighted by Gasteiger charge is -2.28. The van der Waals surface area contributed by atoms with Crippen molar-refractivity contribution in [3.05, 3.63) is 36.0 Å². The number of hydrogen-bond acceptors (Lipinski definition) is 3. The molecule has 1 aromatic carbocycles. The van der Waals surface area contributed by atoms with E-state index in [1.54, 1.807) is 4.90 Å². The summed E-state index contributed by atoms with van der Waals surface area (Å²) in [5, 5.41) is 11.1. The van der Waals surface area contributed by atoms with Crippen LogP contribution in [-0.2, 0) is 4.79 Å². The van der Waals surface area contributed by atoms with Gasteiger partial charge in [0.05, 0.1) is 0 Å². The number of carbonyl (C=O) groups excluding carboxylic acids is 1. The Morgan fingerprint density at radius 2 is 1.93 bits per heavy atom. The zero-order valence-electron chi connectivity index (χ0n) is 15.4. The van der Waals surface area contributed by atoms with Gasteiger partial charge in [-0.1, -0.05) is 12.8 Å². The van der Waals surface area contributed by atoms with Gasteiger partial charge < -0.3 is 15.0 Å². The summed E-state index contributed by atoms with van der Waals surface area (Å²) < 4.78 is 0. The van der Waals surface area contributed by atoms with Crippen molar-refractivity contribution in [3.63, 3.8) is 0 Å². The third-order valence-electron chi connectivity index (χ3n) is 6.99. The standard InChI is InChI=1S/C21H25N3O3/c25-19(15-5-6-18-14(9-15)7-8-22-18)24-11-16-10-23(17-3-1-2-4-17)12-21(16,13-24)20(26)27/h5-9,16-17,22H,1-4,10-13H2,(H,26,27). The predicted molar refractivity (Wildman–Crippen MR) is 102 cm³/mol. The van der Waals surface area contributed by atoms with Crippen molar-refractivity contribution < 1.29 is 14.7 Å².